The van der Waals surface area contributed by atoms with Gasteiger partial charge in [-0.3, -0.25) is 4.68 Å². The van der Waals surface area contributed by atoms with Gasteiger partial charge in [0.1, 0.15) is 5.82 Å². The highest BCUT2D eigenvalue weighted by molar-refractivity contribution is 5.66. The van der Waals surface area contributed by atoms with Crippen LogP contribution in [0, 0.1) is 5.82 Å². The van der Waals surface area contributed by atoms with E-state index in [2.05, 4.69) is 12.0 Å². The third-order valence-corrected chi connectivity index (χ3v) is 2.63. The summed E-state index contributed by atoms with van der Waals surface area (Å²) in [6, 6.07) is 4.53. The predicted molar refractivity (Wildman–Crippen MR) is 66.9 cm³/mol. The molecule has 0 atom stereocenters. The summed E-state index contributed by atoms with van der Waals surface area (Å²) in [6.07, 6.45) is 5.88. The van der Waals surface area contributed by atoms with Crippen molar-refractivity contribution in [3.8, 4) is 11.1 Å². The van der Waals surface area contributed by atoms with Crippen LogP contribution in [0.3, 0.4) is 0 Å². The molecule has 90 valence electrons. The van der Waals surface area contributed by atoms with Crippen LogP contribution in [0.25, 0.3) is 11.1 Å². The number of nitrogens with two attached hydrogens (primary N) is 1. The van der Waals surface area contributed by atoms with Crippen LogP contribution in [-0.2, 0) is 6.54 Å². The molecular weight excluding hydrogens is 217 g/mol. The first-order valence-corrected chi connectivity index (χ1v) is 5.78. The Hall–Kier alpha value is -1.84. The minimum Gasteiger partial charge on any atom is -0.399 e. The van der Waals surface area contributed by atoms with Crippen LogP contribution in [0.5, 0.6) is 0 Å². The van der Waals surface area contributed by atoms with Gasteiger partial charge < -0.3 is 5.73 Å². The van der Waals surface area contributed by atoms with Crippen molar-refractivity contribution in [2.75, 3.05) is 5.73 Å². The van der Waals surface area contributed by atoms with E-state index in [1.54, 1.807) is 12.3 Å². The summed E-state index contributed by atoms with van der Waals surface area (Å²) in [6.45, 7) is 3.03. The van der Waals surface area contributed by atoms with Gasteiger partial charge in [0.05, 0.1) is 6.20 Å². The topological polar surface area (TPSA) is 43.8 Å². The molecule has 0 radical (unpaired) electrons. The first kappa shape index (κ1) is 11.6. The minimum atomic E-state index is -0.318. The quantitative estimate of drug-likeness (QED) is 0.825. The molecule has 0 fully saturated rings. The van der Waals surface area contributed by atoms with Crippen molar-refractivity contribution in [3.63, 3.8) is 0 Å². The number of anilines is 1. The number of benzene rings is 1. The highest BCUT2D eigenvalue weighted by atomic mass is 19.1. The summed E-state index contributed by atoms with van der Waals surface area (Å²) < 4.78 is 15.1. The van der Waals surface area contributed by atoms with E-state index in [1.165, 1.54) is 12.1 Å². The molecule has 4 heteroatoms. The van der Waals surface area contributed by atoms with Crippen LogP contribution >= 0.6 is 0 Å². The first-order valence-electron chi connectivity index (χ1n) is 5.78. The average molecular weight is 233 g/mol. The Morgan fingerprint density at radius 2 is 2.12 bits per heavy atom. The maximum absolute atomic E-state index is 13.2. The highest BCUT2D eigenvalue weighted by Gasteiger charge is 2.04. The summed E-state index contributed by atoms with van der Waals surface area (Å²) in [5.74, 6) is -0.318. The summed E-state index contributed by atoms with van der Waals surface area (Å²) in [5, 5.41) is 4.24. The molecule has 1 aromatic carbocycles. The van der Waals surface area contributed by atoms with Crippen LogP contribution in [0.2, 0.25) is 0 Å². The van der Waals surface area contributed by atoms with Crippen molar-refractivity contribution in [2.45, 2.75) is 26.3 Å². The lowest BCUT2D eigenvalue weighted by Gasteiger charge is -2.00. The number of unbranched alkanes of at least 4 members (excludes halogenated alkanes) is 1. The lowest BCUT2D eigenvalue weighted by Crippen LogP contribution is -1.96. The number of rotatable bonds is 4. The van der Waals surface area contributed by atoms with Gasteiger partial charge in [0.25, 0.3) is 0 Å². The Balaban J connectivity index is 2.24. The normalized spacial score (nSPS) is 10.7. The molecule has 0 amide bonds. The van der Waals surface area contributed by atoms with E-state index in [4.69, 9.17) is 5.73 Å². The zero-order valence-electron chi connectivity index (χ0n) is 9.86. The molecule has 2 aromatic rings. The van der Waals surface area contributed by atoms with E-state index in [0.29, 0.717) is 5.69 Å². The van der Waals surface area contributed by atoms with E-state index < -0.39 is 0 Å². The van der Waals surface area contributed by atoms with E-state index in [-0.39, 0.29) is 5.82 Å². The maximum Gasteiger partial charge on any atom is 0.125 e. The lowest BCUT2D eigenvalue weighted by atomic mass is 10.1. The van der Waals surface area contributed by atoms with Crippen LogP contribution < -0.4 is 5.73 Å². The fourth-order valence-corrected chi connectivity index (χ4v) is 1.73. The summed E-state index contributed by atoms with van der Waals surface area (Å²) in [5.41, 5.74) is 7.71. The van der Waals surface area contributed by atoms with Crippen molar-refractivity contribution < 1.29 is 4.39 Å². The van der Waals surface area contributed by atoms with Gasteiger partial charge >= 0.3 is 0 Å². The molecule has 0 aliphatic heterocycles. The van der Waals surface area contributed by atoms with Crippen LogP contribution in [0.4, 0.5) is 10.1 Å². The van der Waals surface area contributed by atoms with Gasteiger partial charge in [0.2, 0.25) is 0 Å². The molecule has 0 unspecified atom stereocenters. The Bertz CT molecular complexity index is 485. The van der Waals surface area contributed by atoms with Crippen molar-refractivity contribution in [3.05, 3.63) is 36.4 Å². The standard InChI is InChI=1S/C13H16FN3/c1-2-3-4-17-9-11(8-16-17)10-5-12(14)7-13(15)6-10/h5-9H,2-4,15H2,1H3. The van der Waals surface area contributed by atoms with Crippen LogP contribution in [0.1, 0.15) is 19.8 Å². The van der Waals surface area contributed by atoms with Gasteiger partial charge in [-0.2, -0.15) is 5.10 Å². The number of aryl methyl sites for hydroxylation is 1. The zero-order chi connectivity index (χ0) is 12.3. The Labute approximate surface area is 100 Å². The Kier molecular flexibility index (Phi) is 3.42. The molecular formula is C13H16FN3. The van der Waals surface area contributed by atoms with Gasteiger partial charge in [-0.25, -0.2) is 4.39 Å². The second-order valence-corrected chi connectivity index (χ2v) is 4.12. The Morgan fingerprint density at radius 3 is 2.82 bits per heavy atom. The average Bonchev–Trinajstić information content (AvgIpc) is 2.73. The number of nitrogen functional groups attached to an aromatic ring is 1. The smallest absolute Gasteiger partial charge is 0.125 e. The number of halogens is 1. The largest absolute Gasteiger partial charge is 0.399 e. The van der Waals surface area contributed by atoms with Crippen LogP contribution in [-0.4, -0.2) is 9.78 Å². The van der Waals surface area contributed by atoms with Gasteiger partial charge in [-0.15, -0.1) is 0 Å². The van der Waals surface area contributed by atoms with Gasteiger partial charge in [0.15, 0.2) is 0 Å². The predicted octanol–water partition coefficient (Wildman–Crippen LogP) is 3.07. The third kappa shape index (κ3) is 2.84. The monoisotopic (exact) mass is 233 g/mol. The first-order chi connectivity index (χ1) is 8.19. The molecule has 0 saturated carbocycles. The molecule has 17 heavy (non-hydrogen) atoms. The maximum atomic E-state index is 13.2. The molecule has 2 rings (SSSR count). The third-order valence-electron chi connectivity index (χ3n) is 2.63. The van der Waals surface area contributed by atoms with Gasteiger partial charge in [0, 0.05) is 24.0 Å². The van der Waals surface area contributed by atoms with E-state index in [0.717, 1.165) is 30.5 Å². The van der Waals surface area contributed by atoms with Crippen LogP contribution in [0.15, 0.2) is 30.6 Å². The molecule has 0 bridgehead atoms. The van der Waals surface area contributed by atoms with Crippen molar-refractivity contribution >= 4 is 5.69 Å². The molecule has 0 aliphatic rings. The second-order valence-electron chi connectivity index (χ2n) is 4.12. The van der Waals surface area contributed by atoms with E-state index in [9.17, 15) is 4.39 Å². The number of hydrogen-bond acceptors (Lipinski definition) is 2. The SMILES string of the molecule is CCCCn1cc(-c2cc(N)cc(F)c2)cn1. The lowest BCUT2D eigenvalue weighted by molar-refractivity contribution is 0.572. The molecule has 0 spiro atoms. The molecule has 3 nitrogen and oxygen atoms in total. The highest BCUT2D eigenvalue weighted by Crippen LogP contribution is 2.22. The fraction of sp³-hybridized carbons (Fsp3) is 0.308. The van der Waals surface area contributed by atoms with Crippen molar-refractivity contribution in [2.24, 2.45) is 0 Å². The Morgan fingerprint density at radius 1 is 1.29 bits per heavy atom. The molecule has 0 aliphatic carbocycles. The molecule has 0 saturated heterocycles. The molecule has 1 heterocycles. The van der Waals surface area contributed by atoms with E-state index in [1.807, 2.05) is 10.9 Å². The number of nitrogens with zero attached hydrogens (tertiary/aromatic N) is 2. The number of hydrogen-bond donors (Lipinski definition) is 1. The van der Waals surface area contributed by atoms with Gasteiger partial charge in [-0.1, -0.05) is 13.3 Å². The fourth-order valence-electron chi connectivity index (χ4n) is 1.73. The number of aromatic nitrogens is 2. The summed E-state index contributed by atoms with van der Waals surface area (Å²) >= 11 is 0. The van der Waals surface area contributed by atoms with Gasteiger partial charge in [-0.05, 0) is 30.2 Å². The minimum absolute atomic E-state index is 0.318. The van der Waals surface area contributed by atoms with Crippen molar-refractivity contribution in [1.29, 1.82) is 0 Å². The van der Waals surface area contributed by atoms with E-state index >= 15 is 0 Å². The molecule has 1 aromatic heterocycles. The zero-order valence-corrected chi connectivity index (χ0v) is 9.86. The van der Waals surface area contributed by atoms with Crippen molar-refractivity contribution in [1.82, 2.24) is 9.78 Å². The second kappa shape index (κ2) is 4.99. The summed E-state index contributed by atoms with van der Waals surface area (Å²) in [7, 11) is 0. The summed E-state index contributed by atoms with van der Waals surface area (Å²) in [4.78, 5) is 0. The molecule has 2 N–H and O–H groups in total.